The lowest BCUT2D eigenvalue weighted by Gasteiger charge is -2.56. The lowest BCUT2D eigenvalue weighted by molar-refractivity contribution is 0.0287. The highest BCUT2D eigenvalue weighted by molar-refractivity contribution is 5.68. The molecule has 3 aliphatic carbocycles. The van der Waals surface area contributed by atoms with Gasteiger partial charge in [-0.3, -0.25) is 0 Å². The molecule has 110 valence electrons. The number of fused-ring (bicyclic) bond motifs is 7. The maximum Gasteiger partial charge on any atom is 0.0886 e. The molecule has 0 amide bonds. The van der Waals surface area contributed by atoms with E-state index in [0.717, 1.165) is 11.8 Å². The summed E-state index contributed by atoms with van der Waals surface area (Å²) in [4.78, 5) is 0. The molecule has 0 bridgehead atoms. The smallest absolute Gasteiger partial charge is 0.0886 e. The maximum atomic E-state index is 6.00. The minimum absolute atomic E-state index is 0.283. The highest BCUT2D eigenvalue weighted by Gasteiger charge is 3.03. The van der Waals surface area contributed by atoms with Crippen molar-refractivity contribution in [1.29, 1.82) is 0 Å². The van der Waals surface area contributed by atoms with Gasteiger partial charge in [-0.2, -0.15) is 0 Å². The molecule has 6 rings (SSSR count). The van der Waals surface area contributed by atoms with Crippen LogP contribution in [0.4, 0.5) is 0 Å². The third-order valence-corrected chi connectivity index (χ3v) is 7.65. The quantitative estimate of drug-likeness (QED) is 0.763. The zero-order valence-electron chi connectivity index (χ0n) is 13.0. The standard InChI is InChI=1S/C21H20O/c1-19(2)20(13-9-5-3-6-10-13)15-16(18-17(15)22-18)21(19,20)14-11-7-4-8-12-14/h3-12,15-18H,1-2H3/t15-,16-,17-,18-,20-,21-/m1/s1. The van der Waals surface area contributed by atoms with Crippen LogP contribution in [0.2, 0.25) is 0 Å². The Morgan fingerprint density at radius 3 is 1.50 bits per heavy atom. The van der Waals surface area contributed by atoms with Crippen LogP contribution >= 0.6 is 0 Å². The number of benzene rings is 2. The summed E-state index contributed by atoms with van der Waals surface area (Å²) in [6.07, 6.45) is 1.09. The molecule has 4 aliphatic rings. The van der Waals surface area contributed by atoms with Crippen molar-refractivity contribution in [3.05, 3.63) is 71.8 Å². The second kappa shape index (κ2) is 3.19. The van der Waals surface area contributed by atoms with Crippen LogP contribution in [0.15, 0.2) is 60.7 Å². The van der Waals surface area contributed by atoms with Crippen molar-refractivity contribution in [2.45, 2.75) is 36.9 Å². The van der Waals surface area contributed by atoms with Crippen LogP contribution in [-0.4, -0.2) is 12.2 Å². The van der Waals surface area contributed by atoms with Crippen molar-refractivity contribution in [2.24, 2.45) is 17.3 Å². The van der Waals surface area contributed by atoms with E-state index in [1.165, 1.54) is 11.1 Å². The summed E-state index contributed by atoms with van der Waals surface area (Å²) in [6.45, 7) is 4.98. The van der Waals surface area contributed by atoms with Crippen molar-refractivity contribution in [1.82, 2.24) is 0 Å². The van der Waals surface area contributed by atoms with Crippen molar-refractivity contribution in [3.63, 3.8) is 0 Å². The third kappa shape index (κ3) is 0.841. The molecule has 0 N–H and O–H groups in total. The van der Waals surface area contributed by atoms with Crippen LogP contribution < -0.4 is 0 Å². The van der Waals surface area contributed by atoms with Gasteiger partial charge in [0.2, 0.25) is 0 Å². The molecule has 22 heavy (non-hydrogen) atoms. The lowest BCUT2D eigenvalue weighted by Crippen LogP contribution is -2.63. The molecule has 0 spiro atoms. The largest absolute Gasteiger partial charge is 0.369 e. The van der Waals surface area contributed by atoms with E-state index in [2.05, 4.69) is 74.5 Å². The van der Waals surface area contributed by atoms with Gasteiger partial charge in [-0.25, -0.2) is 0 Å². The summed E-state index contributed by atoms with van der Waals surface area (Å²) in [7, 11) is 0. The Morgan fingerprint density at radius 2 is 1.09 bits per heavy atom. The van der Waals surface area contributed by atoms with Gasteiger partial charge < -0.3 is 4.74 Å². The molecule has 1 heteroatoms. The zero-order chi connectivity index (χ0) is 14.7. The Balaban J connectivity index is 1.63. The second-order valence-electron chi connectivity index (χ2n) is 8.09. The van der Waals surface area contributed by atoms with Crippen molar-refractivity contribution < 1.29 is 4.74 Å². The molecular weight excluding hydrogens is 268 g/mol. The second-order valence-corrected chi connectivity index (χ2v) is 8.09. The Hall–Kier alpha value is -1.60. The summed E-state index contributed by atoms with van der Waals surface area (Å²) in [5.74, 6) is 1.46. The first kappa shape index (κ1) is 11.9. The predicted octanol–water partition coefficient (Wildman–Crippen LogP) is 3.93. The molecule has 1 heterocycles. The van der Waals surface area contributed by atoms with E-state index in [1.807, 2.05) is 0 Å². The van der Waals surface area contributed by atoms with Gasteiger partial charge in [0.1, 0.15) is 0 Å². The van der Waals surface area contributed by atoms with Crippen molar-refractivity contribution >= 4 is 0 Å². The average molecular weight is 288 g/mol. The van der Waals surface area contributed by atoms with Gasteiger partial charge in [0.05, 0.1) is 12.2 Å². The lowest BCUT2D eigenvalue weighted by atomic mass is 9.44. The molecule has 0 aromatic heterocycles. The van der Waals surface area contributed by atoms with Gasteiger partial charge in [0, 0.05) is 22.7 Å². The Kier molecular flexibility index (Phi) is 1.72. The van der Waals surface area contributed by atoms with Crippen LogP contribution in [0.3, 0.4) is 0 Å². The van der Waals surface area contributed by atoms with Gasteiger partial charge >= 0.3 is 0 Å². The molecule has 0 radical (unpaired) electrons. The fraction of sp³-hybridized carbons (Fsp3) is 0.429. The monoisotopic (exact) mass is 288 g/mol. The third-order valence-electron chi connectivity index (χ3n) is 7.65. The number of hydrogen-bond donors (Lipinski definition) is 0. The summed E-state index contributed by atoms with van der Waals surface area (Å²) in [5.41, 5.74) is 3.93. The van der Waals surface area contributed by atoms with Crippen LogP contribution in [0.25, 0.3) is 0 Å². The first-order valence-electron chi connectivity index (χ1n) is 8.45. The molecule has 2 aromatic carbocycles. The van der Waals surface area contributed by atoms with E-state index in [0.29, 0.717) is 17.6 Å². The maximum absolute atomic E-state index is 6.00. The molecule has 3 saturated carbocycles. The zero-order valence-corrected chi connectivity index (χ0v) is 13.0. The van der Waals surface area contributed by atoms with Gasteiger partial charge in [0.25, 0.3) is 0 Å². The van der Waals surface area contributed by atoms with E-state index in [4.69, 9.17) is 4.74 Å². The SMILES string of the molecule is CC1(C)[C@@]2(c3ccccc3)[C@H]3[C@H]4O[C@@H]4[C@@H]3[C@]12c1ccccc1. The van der Waals surface area contributed by atoms with E-state index < -0.39 is 0 Å². The number of ether oxygens (including phenoxy) is 1. The van der Waals surface area contributed by atoms with Gasteiger partial charge in [-0.1, -0.05) is 74.5 Å². The highest BCUT2D eigenvalue weighted by Crippen LogP contribution is 2.98. The van der Waals surface area contributed by atoms with Gasteiger partial charge in [0.15, 0.2) is 0 Å². The van der Waals surface area contributed by atoms with E-state index in [9.17, 15) is 0 Å². The summed E-state index contributed by atoms with van der Waals surface area (Å²) >= 11 is 0. The van der Waals surface area contributed by atoms with Crippen LogP contribution in [0, 0.1) is 17.3 Å². The molecule has 0 unspecified atom stereocenters. The van der Waals surface area contributed by atoms with E-state index >= 15 is 0 Å². The molecule has 6 atom stereocenters. The molecular formula is C21H20O. The van der Waals surface area contributed by atoms with Crippen LogP contribution in [-0.2, 0) is 15.6 Å². The summed E-state index contributed by atoms with van der Waals surface area (Å²) < 4.78 is 6.00. The van der Waals surface area contributed by atoms with Crippen molar-refractivity contribution in [2.75, 3.05) is 0 Å². The molecule has 1 nitrogen and oxygen atoms in total. The fourth-order valence-corrected chi connectivity index (χ4v) is 7.18. The van der Waals surface area contributed by atoms with E-state index in [1.54, 1.807) is 0 Å². The molecule has 2 aromatic rings. The summed E-state index contributed by atoms with van der Waals surface area (Å²) in [6, 6.07) is 22.4. The van der Waals surface area contributed by atoms with Gasteiger partial charge in [-0.15, -0.1) is 0 Å². The Morgan fingerprint density at radius 1 is 0.682 bits per heavy atom. The Bertz CT molecular complexity index is 715. The minimum atomic E-state index is 0.283. The normalized spacial score (nSPS) is 48.1. The first-order chi connectivity index (χ1) is 10.7. The predicted molar refractivity (Wildman–Crippen MR) is 85.7 cm³/mol. The van der Waals surface area contributed by atoms with Crippen LogP contribution in [0.1, 0.15) is 25.0 Å². The topological polar surface area (TPSA) is 12.5 Å². The van der Waals surface area contributed by atoms with Crippen LogP contribution in [0.5, 0.6) is 0 Å². The minimum Gasteiger partial charge on any atom is -0.369 e. The van der Waals surface area contributed by atoms with Gasteiger partial charge in [-0.05, 0) is 16.5 Å². The first-order valence-corrected chi connectivity index (χ1v) is 8.45. The number of hydrogen-bond acceptors (Lipinski definition) is 1. The highest BCUT2D eigenvalue weighted by atomic mass is 16.6. The number of epoxide rings is 1. The molecule has 4 fully saturated rings. The number of rotatable bonds is 2. The molecule has 1 aliphatic heterocycles. The van der Waals surface area contributed by atoms with E-state index in [-0.39, 0.29) is 10.8 Å². The summed E-state index contributed by atoms with van der Waals surface area (Å²) in [5, 5.41) is 0. The molecule has 1 saturated heterocycles. The van der Waals surface area contributed by atoms with Crippen molar-refractivity contribution in [3.8, 4) is 0 Å². The Labute approximate surface area is 131 Å². The average Bonchev–Trinajstić information content (AvgIpc) is 3.31. The fourth-order valence-electron chi connectivity index (χ4n) is 7.18.